The molecule has 8 N–H and O–H groups in total. The topological polar surface area (TPSA) is 264 Å². The molecule has 0 amide bonds. The normalized spacial score (nSPS) is 13.5. The molecule has 0 heterocycles. The second kappa shape index (κ2) is 62.4. The highest BCUT2D eigenvalue weighted by atomic mass is 16.4. The van der Waals surface area contributed by atoms with Crippen LogP contribution in [0, 0.1) is 0 Å². The molecule has 0 aromatic rings. The molecule has 14 heteroatoms. The number of aliphatic hydroxyl groups is 6. The molecule has 0 radical (unpaired) electrons. The number of Topliss-reactive ketones (excluding diaryl/α,β-unsaturated/α-hetero) is 4. The molecule has 0 aliphatic rings. The lowest BCUT2D eigenvalue weighted by atomic mass is 9.95. The number of carboxylic acids is 2. The van der Waals surface area contributed by atoms with Gasteiger partial charge in [-0.1, -0.05) is 285 Å². The summed E-state index contributed by atoms with van der Waals surface area (Å²) in [7, 11) is 0. The minimum atomic E-state index is -1.73. The molecule has 0 bridgehead atoms. The maximum atomic E-state index is 12.2. The summed E-state index contributed by atoms with van der Waals surface area (Å²) in [6.07, 6.45) is 41.6. The molecule has 0 aliphatic carbocycles. The Labute approximate surface area is 488 Å². The fraction of sp³-hybridized carbons (Fsp3) is 0.909. The van der Waals surface area contributed by atoms with Gasteiger partial charge in [-0.2, -0.15) is 0 Å². The number of carbonyl (C=O) groups is 6. The summed E-state index contributed by atoms with van der Waals surface area (Å²) in [5.41, 5.74) is 0. The van der Waals surface area contributed by atoms with E-state index in [2.05, 4.69) is 27.7 Å². The van der Waals surface area contributed by atoms with Gasteiger partial charge in [-0.3, -0.25) is 28.8 Å². The second-order valence-corrected chi connectivity index (χ2v) is 23.1. The Morgan fingerprint density at radius 1 is 0.212 bits per heavy atom. The van der Waals surface area contributed by atoms with E-state index in [1.165, 1.54) is 205 Å². The molecule has 14 nitrogen and oxygen atoms in total. The zero-order valence-electron chi connectivity index (χ0n) is 51.8. The second-order valence-electron chi connectivity index (χ2n) is 23.1. The first-order chi connectivity index (χ1) is 38.5. The van der Waals surface area contributed by atoms with Crippen molar-refractivity contribution in [1.82, 2.24) is 0 Å². The summed E-state index contributed by atoms with van der Waals surface area (Å²) in [6.45, 7) is 8.92. The molecule has 0 fully saturated rings. The van der Waals surface area contributed by atoms with Gasteiger partial charge in [0, 0.05) is 25.7 Å². The van der Waals surface area contributed by atoms with Gasteiger partial charge in [0.1, 0.15) is 36.6 Å². The number of carboxylic acid groups (broad SMARTS) is 2. The maximum absolute atomic E-state index is 12.2. The van der Waals surface area contributed by atoms with E-state index in [0.717, 1.165) is 51.4 Å². The molecule has 80 heavy (non-hydrogen) atoms. The Hall–Kier alpha value is -2.62. The monoisotopic (exact) mass is 1140 g/mol. The molecule has 0 saturated carbocycles. The highest BCUT2D eigenvalue weighted by Gasteiger charge is 2.34. The number of aliphatic carboxylic acids is 2. The number of hydrogen-bond acceptors (Lipinski definition) is 12. The van der Waals surface area contributed by atoms with Gasteiger partial charge in [-0.05, 0) is 25.7 Å². The molecule has 0 aromatic carbocycles. The lowest BCUT2D eigenvalue weighted by Gasteiger charge is -2.21. The van der Waals surface area contributed by atoms with Crippen molar-refractivity contribution in [3.05, 3.63) is 0 Å². The van der Waals surface area contributed by atoms with Crippen LogP contribution in [0.4, 0.5) is 0 Å². The van der Waals surface area contributed by atoms with E-state index in [1.807, 2.05) is 0 Å². The van der Waals surface area contributed by atoms with Crippen LogP contribution in [0.3, 0.4) is 0 Å². The molecular weight excluding hydrogens is 1020 g/mol. The molecule has 0 aliphatic heterocycles. The first-order valence-corrected chi connectivity index (χ1v) is 33.2. The quantitative estimate of drug-likeness (QED) is 0.0263. The van der Waals surface area contributed by atoms with E-state index in [0.29, 0.717) is 25.7 Å². The largest absolute Gasteiger partial charge is 0.481 e. The average Bonchev–Trinajstić information content (AvgIpc) is 3.44. The van der Waals surface area contributed by atoms with Crippen LogP contribution in [-0.2, 0) is 28.8 Å². The first-order valence-electron chi connectivity index (χ1n) is 33.2. The third-order valence-corrected chi connectivity index (χ3v) is 15.3. The standard InChI is InChI=1S/2C31H60O5.C4H6O4/c2*1-3-5-7-9-11-13-15-17-19-21-23-25-27(32)29(34)31(36)30(35)28(33)26-24-22-20-18-16-14-12-10-8-6-4-2;5-3(6)1-2-4(7)8/h2*29-31,34-36H,3-26H2,1-2H3;1-2H2,(H,5,6)(H,7,8). The predicted molar refractivity (Wildman–Crippen MR) is 325 cm³/mol. The number of unbranched alkanes of at least 4 members (excludes halogenated alkanes) is 40. The van der Waals surface area contributed by atoms with Crippen LogP contribution < -0.4 is 0 Å². The van der Waals surface area contributed by atoms with Gasteiger partial charge in [-0.15, -0.1) is 0 Å². The van der Waals surface area contributed by atoms with E-state index in [1.54, 1.807) is 0 Å². The molecule has 474 valence electrons. The Kier molecular flexibility index (Phi) is 63.7. The van der Waals surface area contributed by atoms with Crippen molar-refractivity contribution in [3.8, 4) is 0 Å². The van der Waals surface area contributed by atoms with Crippen LogP contribution >= 0.6 is 0 Å². The SMILES string of the molecule is CCCCCCCCCCCCCC(=O)C(O)C(O)C(O)C(=O)CCCCCCCCCCCCC.CCCCCCCCCCCCCC(=O)C(O)C(O)C(O)C(=O)CCCCCCCCCCCCC.O=C(O)CCC(=O)O. The Morgan fingerprint density at radius 3 is 0.463 bits per heavy atom. The molecule has 0 rings (SSSR count). The van der Waals surface area contributed by atoms with Gasteiger partial charge < -0.3 is 40.9 Å². The molecule has 4 atom stereocenters. The Bertz CT molecular complexity index is 1230. The number of carbonyl (C=O) groups excluding carboxylic acids is 4. The van der Waals surface area contributed by atoms with Gasteiger partial charge in [0.25, 0.3) is 0 Å². The maximum Gasteiger partial charge on any atom is 0.303 e. The van der Waals surface area contributed by atoms with Gasteiger partial charge in [0.15, 0.2) is 23.1 Å². The van der Waals surface area contributed by atoms with Gasteiger partial charge >= 0.3 is 11.9 Å². The lowest BCUT2D eigenvalue weighted by Crippen LogP contribution is -2.45. The van der Waals surface area contributed by atoms with E-state index in [4.69, 9.17) is 10.2 Å². The predicted octanol–water partition coefficient (Wildman–Crippen LogP) is 15.2. The molecule has 0 saturated heterocycles. The van der Waals surface area contributed by atoms with E-state index < -0.39 is 71.7 Å². The Balaban J connectivity index is -0.00000130. The third kappa shape index (κ3) is 55.9. The van der Waals surface area contributed by atoms with Crippen molar-refractivity contribution in [2.24, 2.45) is 0 Å². The minimum absolute atomic E-state index is 0.175. The van der Waals surface area contributed by atoms with E-state index in [-0.39, 0.29) is 38.5 Å². The highest BCUT2D eigenvalue weighted by molar-refractivity contribution is 5.88. The van der Waals surface area contributed by atoms with Crippen molar-refractivity contribution in [2.45, 2.75) is 385 Å². The number of ketones is 4. The molecule has 0 spiro atoms. The highest BCUT2D eigenvalue weighted by Crippen LogP contribution is 2.19. The summed E-state index contributed by atoms with van der Waals surface area (Å²) in [4.78, 5) is 68.1. The van der Waals surface area contributed by atoms with Crippen molar-refractivity contribution in [1.29, 1.82) is 0 Å². The van der Waals surface area contributed by atoms with Crippen LogP contribution in [0.15, 0.2) is 0 Å². The van der Waals surface area contributed by atoms with Gasteiger partial charge in [0.05, 0.1) is 12.8 Å². The summed E-state index contributed by atoms with van der Waals surface area (Å²) in [6, 6.07) is 0. The van der Waals surface area contributed by atoms with Crippen LogP contribution in [0.5, 0.6) is 0 Å². The van der Waals surface area contributed by atoms with E-state index in [9.17, 15) is 59.4 Å². The summed E-state index contributed by atoms with van der Waals surface area (Å²) >= 11 is 0. The minimum Gasteiger partial charge on any atom is -0.481 e. The molecule has 0 aromatic heterocycles. The van der Waals surface area contributed by atoms with E-state index >= 15 is 0 Å². The number of aliphatic hydroxyl groups excluding tert-OH is 6. The Morgan fingerprint density at radius 2 is 0.338 bits per heavy atom. The summed E-state index contributed by atoms with van der Waals surface area (Å²) in [5, 5.41) is 76.5. The van der Waals surface area contributed by atoms with Gasteiger partial charge in [-0.25, -0.2) is 0 Å². The molecular formula is C66H126O14. The van der Waals surface area contributed by atoms with Crippen LogP contribution in [0.25, 0.3) is 0 Å². The smallest absolute Gasteiger partial charge is 0.303 e. The zero-order valence-corrected chi connectivity index (χ0v) is 51.8. The third-order valence-electron chi connectivity index (χ3n) is 15.3. The van der Waals surface area contributed by atoms with Crippen LogP contribution in [0.1, 0.15) is 349 Å². The molecule has 4 unspecified atom stereocenters. The van der Waals surface area contributed by atoms with Gasteiger partial charge in [0.2, 0.25) is 0 Å². The lowest BCUT2D eigenvalue weighted by molar-refractivity contribution is -0.148. The van der Waals surface area contributed by atoms with Crippen LogP contribution in [-0.4, -0.2) is 113 Å². The summed E-state index contributed by atoms with van der Waals surface area (Å²) in [5.74, 6) is -4.10. The average molecular weight is 1140 g/mol. The van der Waals surface area contributed by atoms with Crippen molar-refractivity contribution in [2.75, 3.05) is 0 Å². The van der Waals surface area contributed by atoms with Crippen molar-refractivity contribution >= 4 is 35.1 Å². The van der Waals surface area contributed by atoms with Crippen LogP contribution in [0.2, 0.25) is 0 Å². The van der Waals surface area contributed by atoms with Crippen molar-refractivity contribution in [3.63, 3.8) is 0 Å². The zero-order chi connectivity index (χ0) is 60.3. The first kappa shape index (κ1) is 81.6. The van der Waals surface area contributed by atoms with Crippen molar-refractivity contribution < 1.29 is 69.6 Å². The number of hydrogen-bond donors (Lipinski definition) is 8. The fourth-order valence-electron chi connectivity index (χ4n) is 9.77. The fourth-order valence-corrected chi connectivity index (χ4v) is 9.77. The number of rotatable bonds is 59. The summed E-state index contributed by atoms with van der Waals surface area (Å²) < 4.78 is 0.